The van der Waals surface area contributed by atoms with Gasteiger partial charge in [0.2, 0.25) is 5.91 Å². The van der Waals surface area contributed by atoms with Gasteiger partial charge in [0.05, 0.1) is 6.04 Å². The van der Waals surface area contributed by atoms with Crippen LogP contribution in [0.2, 0.25) is 0 Å². The molecule has 1 aliphatic heterocycles. The van der Waals surface area contributed by atoms with Gasteiger partial charge in [-0.3, -0.25) is 4.79 Å². The average Bonchev–Trinajstić information content (AvgIpc) is 2.73. The molecule has 0 bridgehead atoms. The highest BCUT2D eigenvalue weighted by Crippen LogP contribution is 2.15. The second kappa shape index (κ2) is 6.97. The van der Waals surface area contributed by atoms with Crippen molar-refractivity contribution in [1.29, 1.82) is 0 Å². The number of likely N-dealkylation sites (N-methyl/N-ethyl adjacent to an activating group) is 1. The average molecular weight is 241 g/mol. The summed E-state index contributed by atoms with van der Waals surface area (Å²) in [6.45, 7) is 6.74. The smallest absolute Gasteiger partial charge is 0.236 e. The Morgan fingerprint density at radius 1 is 1.47 bits per heavy atom. The van der Waals surface area contributed by atoms with Crippen molar-refractivity contribution in [3.63, 3.8) is 0 Å². The monoisotopic (exact) mass is 241 g/mol. The minimum absolute atomic E-state index is 0.0282. The zero-order valence-corrected chi connectivity index (χ0v) is 11.6. The largest absolute Gasteiger partial charge is 0.358 e. The number of hydrogen-bond donors (Lipinski definition) is 2. The van der Waals surface area contributed by atoms with Crippen molar-refractivity contribution in [2.75, 3.05) is 27.2 Å². The lowest BCUT2D eigenvalue weighted by Gasteiger charge is -2.21. The maximum atomic E-state index is 11.5. The molecule has 0 spiro atoms. The number of rotatable bonds is 6. The van der Waals surface area contributed by atoms with Crippen LogP contribution in [0.3, 0.4) is 0 Å². The highest BCUT2D eigenvalue weighted by Gasteiger charge is 2.27. The van der Waals surface area contributed by atoms with Gasteiger partial charge in [-0.2, -0.15) is 0 Å². The lowest BCUT2D eigenvalue weighted by molar-refractivity contribution is -0.122. The van der Waals surface area contributed by atoms with Crippen LogP contribution in [0.4, 0.5) is 0 Å². The summed E-state index contributed by atoms with van der Waals surface area (Å²) in [5.74, 6) is 0.846. The molecule has 0 aromatic heterocycles. The molecule has 1 amide bonds. The van der Waals surface area contributed by atoms with Crippen molar-refractivity contribution in [3.8, 4) is 0 Å². The van der Waals surface area contributed by atoms with Gasteiger partial charge >= 0.3 is 0 Å². The van der Waals surface area contributed by atoms with Crippen molar-refractivity contribution >= 4 is 5.91 Å². The molecule has 1 rings (SSSR count). The fraction of sp³-hybridized carbons (Fsp3) is 0.923. The van der Waals surface area contributed by atoms with E-state index in [-0.39, 0.29) is 11.9 Å². The summed E-state index contributed by atoms with van der Waals surface area (Å²) in [6, 6.07) is 0.535. The number of carbonyl (C=O) groups excluding carboxylic acids is 1. The number of hydrogen-bond acceptors (Lipinski definition) is 3. The highest BCUT2D eigenvalue weighted by molar-refractivity contribution is 5.81. The SMILES string of the molecule is CNC(=O)C1CCC(CCN(C)CC(C)C)N1. The molecule has 1 aliphatic rings. The van der Waals surface area contributed by atoms with Crippen molar-refractivity contribution in [3.05, 3.63) is 0 Å². The van der Waals surface area contributed by atoms with E-state index in [1.165, 1.54) is 0 Å². The fourth-order valence-electron chi connectivity index (χ4n) is 2.52. The molecular formula is C13H27N3O. The summed E-state index contributed by atoms with van der Waals surface area (Å²) in [5.41, 5.74) is 0. The van der Waals surface area contributed by atoms with Gasteiger partial charge in [0.25, 0.3) is 0 Å². The zero-order chi connectivity index (χ0) is 12.8. The van der Waals surface area contributed by atoms with Crippen molar-refractivity contribution in [2.45, 2.75) is 45.2 Å². The van der Waals surface area contributed by atoms with Crippen LogP contribution in [0.5, 0.6) is 0 Å². The van der Waals surface area contributed by atoms with E-state index in [9.17, 15) is 4.79 Å². The summed E-state index contributed by atoms with van der Waals surface area (Å²) in [4.78, 5) is 13.8. The molecule has 17 heavy (non-hydrogen) atoms. The van der Waals surface area contributed by atoms with Gasteiger partial charge in [0.15, 0.2) is 0 Å². The molecule has 4 heteroatoms. The van der Waals surface area contributed by atoms with E-state index >= 15 is 0 Å². The topological polar surface area (TPSA) is 44.4 Å². The standard InChI is InChI=1S/C13H27N3O/c1-10(2)9-16(4)8-7-11-5-6-12(15-11)13(17)14-3/h10-12,15H,5-9H2,1-4H3,(H,14,17). The molecule has 0 saturated carbocycles. The van der Waals surface area contributed by atoms with Gasteiger partial charge in [-0.15, -0.1) is 0 Å². The van der Waals surface area contributed by atoms with Gasteiger partial charge in [-0.1, -0.05) is 13.8 Å². The van der Waals surface area contributed by atoms with Crippen LogP contribution < -0.4 is 10.6 Å². The zero-order valence-electron chi connectivity index (χ0n) is 11.6. The van der Waals surface area contributed by atoms with E-state index in [0.717, 1.165) is 38.3 Å². The van der Waals surface area contributed by atoms with Crippen molar-refractivity contribution in [1.82, 2.24) is 15.5 Å². The van der Waals surface area contributed by atoms with Crippen LogP contribution in [0.1, 0.15) is 33.1 Å². The molecule has 100 valence electrons. The predicted octanol–water partition coefficient (Wildman–Crippen LogP) is 0.831. The first-order valence-corrected chi connectivity index (χ1v) is 6.69. The van der Waals surface area contributed by atoms with E-state index < -0.39 is 0 Å². The summed E-state index contributed by atoms with van der Waals surface area (Å²) >= 11 is 0. The summed E-state index contributed by atoms with van der Waals surface area (Å²) < 4.78 is 0. The number of nitrogens with one attached hydrogen (secondary N) is 2. The van der Waals surface area contributed by atoms with Gasteiger partial charge in [-0.05, 0) is 38.8 Å². The summed E-state index contributed by atoms with van der Waals surface area (Å²) in [6.07, 6.45) is 3.22. The molecule has 0 aliphatic carbocycles. The molecule has 2 unspecified atom stereocenters. The van der Waals surface area contributed by atoms with Gasteiger partial charge in [0.1, 0.15) is 0 Å². The molecule has 0 aromatic carbocycles. The summed E-state index contributed by atoms with van der Waals surface area (Å²) in [5, 5.41) is 6.12. The number of nitrogens with zero attached hydrogens (tertiary/aromatic N) is 1. The molecule has 0 aromatic rings. The maximum Gasteiger partial charge on any atom is 0.236 e. The Balaban J connectivity index is 2.19. The van der Waals surface area contributed by atoms with Crippen LogP contribution >= 0.6 is 0 Å². The Bertz CT molecular complexity index is 243. The maximum absolute atomic E-state index is 11.5. The second-order valence-corrected chi connectivity index (χ2v) is 5.55. The molecular weight excluding hydrogens is 214 g/mol. The number of amides is 1. The van der Waals surface area contributed by atoms with Crippen LogP contribution in [0, 0.1) is 5.92 Å². The third-order valence-corrected chi connectivity index (χ3v) is 3.34. The lowest BCUT2D eigenvalue weighted by Crippen LogP contribution is -2.42. The van der Waals surface area contributed by atoms with E-state index in [4.69, 9.17) is 0 Å². The van der Waals surface area contributed by atoms with Crippen LogP contribution in [0.25, 0.3) is 0 Å². The molecule has 4 nitrogen and oxygen atoms in total. The highest BCUT2D eigenvalue weighted by atomic mass is 16.2. The van der Waals surface area contributed by atoms with Gasteiger partial charge in [-0.25, -0.2) is 0 Å². The Labute approximate surface area is 105 Å². The summed E-state index contributed by atoms with van der Waals surface area (Å²) in [7, 11) is 3.87. The first-order valence-electron chi connectivity index (χ1n) is 6.69. The normalized spacial score (nSPS) is 24.6. The number of carbonyl (C=O) groups is 1. The van der Waals surface area contributed by atoms with E-state index in [2.05, 4.69) is 36.4 Å². The molecule has 2 N–H and O–H groups in total. The first-order chi connectivity index (χ1) is 8.02. The second-order valence-electron chi connectivity index (χ2n) is 5.55. The van der Waals surface area contributed by atoms with Crippen molar-refractivity contribution in [2.24, 2.45) is 5.92 Å². The van der Waals surface area contributed by atoms with Crippen molar-refractivity contribution < 1.29 is 4.79 Å². The third-order valence-electron chi connectivity index (χ3n) is 3.34. The minimum atomic E-state index is 0.0282. The molecule has 1 heterocycles. The Morgan fingerprint density at radius 3 is 2.76 bits per heavy atom. The Morgan fingerprint density at radius 2 is 2.18 bits per heavy atom. The van der Waals surface area contributed by atoms with Crippen LogP contribution in [-0.2, 0) is 4.79 Å². The van der Waals surface area contributed by atoms with E-state index in [1.54, 1.807) is 7.05 Å². The quantitative estimate of drug-likeness (QED) is 0.724. The van der Waals surface area contributed by atoms with Gasteiger partial charge in [0, 0.05) is 19.6 Å². The molecule has 1 saturated heterocycles. The Hall–Kier alpha value is -0.610. The predicted molar refractivity (Wildman–Crippen MR) is 71.0 cm³/mol. The Kier molecular flexibility index (Phi) is 5.92. The third kappa shape index (κ3) is 5.04. The van der Waals surface area contributed by atoms with E-state index in [1.807, 2.05) is 0 Å². The van der Waals surface area contributed by atoms with Crippen LogP contribution in [0.15, 0.2) is 0 Å². The fourth-order valence-corrected chi connectivity index (χ4v) is 2.52. The molecule has 0 radical (unpaired) electrons. The molecule has 2 atom stereocenters. The first kappa shape index (κ1) is 14.5. The van der Waals surface area contributed by atoms with Crippen LogP contribution in [-0.4, -0.2) is 50.1 Å². The minimum Gasteiger partial charge on any atom is -0.358 e. The van der Waals surface area contributed by atoms with Gasteiger partial charge < -0.3 is 15.5 Å². The van der Waals surface area contributed by atoms with E-state index in [0.29, 0.717) is 6.04 Å². The molecule has 1 fully saturated rings. The lowest BCUT2D eigenvalue weighted by atomic mass is 10.1.